The van der Waals surface area contributed by atoms with Crippen molar-refractivity contribution in [2.75, 3.05) is 0 Å². The lowest BCUT2D eigenvalue weighted by molar-refractivity contribution is 0.698. The van der Waals surface area contributed by atoms with Crippen LogP contribution in [0.4, 0.5) is 0 Å². The normalized spacial score (nSPS) is 18.2. The molecule has 0 saturated carbocycles. The third-order valence-corrected chi connectivity index (χ3v) is 5.57. The fourth-order valence-corrected chi connectivity index (χ4v) is 4.23. The Morgan fingerprint density at radius 3 is 2.68 bits per heavy atom. The van der Waals surface area contributed by atoms with Gasteiger partial charge < -0.3 is 11.1 Å². The number of hydrogen-bond acceptors (Lipinski definition) is 2. The van der Waals surface area contributed by atoms with Gasteiger partial charge in [0.15, 0.2) is 6.71 Å². The molecular formula is C22H25BN2. The molecule has 2 aromatic rings. The summed E-state index contributed by atoms with van der Waals surface area (Å²) in [6.07, 6.45) is 3.19. The summed E-state index contributed by atoms with van der Waals surface area (Å²) in [7, 11) is 0. The molecule has 126 valence electrons. The summed E-state index contributed by atoms with van der Waals surface area (Å²) in [6.45, 7) is 7.47. The molecule has 2 aliphatic rings. The van der Waals surface area contributed by atoms with Gasteiger partial charge in [-0.1, -0.05) is 60.6 Å². The van der Waals surface area contributed by atoms with E-state index >= 15 is 0 Å². The third kappa shape index (κ3) is 3.17. The number of fused-ring (bicyclic) bond motifs is 2. The Morgan fingerprint density at radius 2 is 1.96 bits per heavy atom. The second kappa shape index (κ2) is 6.57. The minimum absolute atomic E-state index is 0.534. The largest absolute Gasteiger partial charge is 0.393 e. The highest BCUT2D eigenvalue weighted by Crippen LogP contribution is 2.31. The van der Waals surface area contributed by atoms with Crippen LogP contribution in [0.1, 0.15) is 34.7 Å². The maximum absolute atomic E-state index is 5.69. The minimum Gasteiger partial charge on any atom is -0.393 e. The summed E-state index contributed by atoms with van der Waals surface area (Å²) in [5, 5.41) is 3.77. The Bertz CT molecular complexity index is 836. The average molecular weight is 328 g/mol. The van der Waals surface area contributed by atoms with Crippen LogP contribution in [-0.2, 0) is 25.7 Å². The number of nitrogens with one attached hydrogen (secondary N) is 1. The van der Waals surface area contributed by atoms with Gasteiger partial charge >= 0.3 is 0 Å². The van der Waals surface area contributed by atoms with Crippen LogP contribution in [0, 0.1) is 0 Å². The van der Waals surface area contributed by atoms with Gasteiger partial charge in [0.1, 0.15) is 0 Å². The van der Waals surface area contributed by atoms with Crippen molar-refractivity contribution in [1.82, 2.24) is 5.32 Å². The predicted octanol–water partition coefficient (Wildman–Crippen LogP) is 3.49. The molecule has 0 aliphatic carbocycles. The quantitative estimate of drug-likeness (QED) is 0.843. The molecule has 2 heterocycles. The molecule has 1 unspecified atom stereocenters. The Kier molecular flexibility index (Phi) is 4.26. The van der Waals surface area contributed by atoms with Gasteiger partial charge in [-0.05, 0) is 47.5 Å². The van der Waals surface area contributed by atoms with E-state index in [2.05, 4.69) is 67.3 Å². The van der Waals surface area contributed by atoms with Gasteiger partial charge in [0.2, 0.25) is 0 Å². The van der Waals surface area contributed by atoms with Crippen molar-refractivity contribution in [3.05, 3.63) is 88.5 Å². The lowest BCUT2D eigenvalue weighted by atomic mass is 9.39. The van der Waals surface area contributed by atoms with Gasteiger partial charge in [0.25, 0.3) is 0 Å². The maximum atomic E-state index is 5.69. The molecule has 0 aromatic heterocycles. The molecule has 2 aliphatic heterocycles. The Balaban J connectivity index is 1.52. The fraction of sp³-hybridized carbons (Fsp3) is 0.273. The smallest absolute Gasteiger partial charge is 0.199 e. The van der Waals surface area contributed by atoms with Crippen LogP contribution in [-0.4, -0.2) is 12.7 Å². The molecule has 0 saturated heterocycles. The molecule has 0 fully saturated rings. The maximum Gasteiger partial charge on any atom is 0.199 e. The zero-order valence-electron chi connectivity index (χ0n) is 14.9. The Labute approximate surface area is 150 Å². The SMILES string of the molecule is C=C(C)c1cccc2c1CB1C=C(Cc3ccc(CN)cc3)NC1C2. The number of hydrogen-bond donors (Lipinski definition) is 2. The predicted molar refractivity (Wildman–Crippen MR) is 107 cm³/mol. The van der Waals surface area contributed by atoms with Crippen LogP contribution in [0.25, 0.3) is 5.57 Å². The van der Waals surface area contributed by atoms with Crippen LogP contribution in [0.3, 0.4) is 0 Å². The molecular weight excluding hydrogens is 303 g/mol. The molecule has 1 atom stereocenters. The lowest BCUT2D eigenvalue weighted by Crippen LogP contribution is -2.42. The first kappa shape index (κ1) is 16.2. The minimum atomic E-state index is 0.534. The van der Waals surface area contributed by atoms with Crippen LogP contribution in [0.5, 0.6) is 0 Å². The highest BCUT2D eigenvalue weighted by molar-refractivity contribution is 6.67. The van der Waals surface area contributed by atoms with Crippen molar-refractivity contribution in [2.45, 2.75) is 38.6 Å². The molecule has 0 amide bonds. The van der Waals surface area contributed by atoms with Crippen molar-refractivity contribution in [2.24, 2.45) is 5.73 Å². The van der Waals surface area contributed by atoms with Crippen LogP contribution >= 0.6 is 0 Å². The Morgan fingerprint density at radius 1 is 1.20 bits per heavy atom. The van der Waals surface area contributed by atoms with Gasteiger partial charge in [-0.3, -0.25) is 0 Å². The van der Waals surface area contributed by atoms with E-state index in [0.717, 1.165) is 19.2 Å². The summed E-state index contributed by atoms with van der Waals surface area (Å²) in [4.78, 5) is 0. The second-order valence-corrected chi connectivity index (χ2v) is 7.44. The molecule has 2 aromatic carbocycles. The van der Waals surface area contributed by atoms with Gasteiger partial charge in [-0.25, -0.2) is 0 Å². The van der Waals surface area contributed by atoms with Crippen LogP contribution < -0.4 is 11.1 Å². The second-order valence-electron chi connectivity index (χ2n) is 7.44. The van der Waals surface area contributed by atoms with E-state index in [-0.39, 0.29) is 0 Å². The molecule has 25 heavy (non-hydrogen) atoms. The highest BCUT2D eigenvalue weighted by Gasteiger charge is 2.35. The van der Waals surface area contributed by atoms with E-state index in [4.69, 9.17) is 5.73 Å². The van der Waals surface area contributed by atoms with Gasteiger partial charge in [-0.15, -0.1) is 0 Å². The van der Waals surface area contributed by atoms with E-state index in [0.29, 0.717) is 19.2 Å². The topological polar surface area (TPSA) is 38.0 Å². The summed E-state index contributed by atoms with van der Waals surface area (Å²) >= 11 is 0. The van der Waals surface area contributed by atoms with Crippen LogP contribution in [0.2, 0.25) is 0 Å². The summed E-state index contributed by atoms with van der Waals surface area (Å²) in [5.41, 5.74) is 15.1. The number of allylic oxidation sites excluding steroid dienone is 2. The lowest BCUT2D eigenvalue weighted by Gasteiger charge is -2.28. The first-order valence-electron chi connectivity index (χ1n) is 9.16. The molecule has 0 bridgehead atoms. The molecule has 2 nitrogen and oxygen atoms in total. The van der Waals surface area contributed by atoms with E-state index in [1.54, 1.807) is 0 Å². The zero-order chi connectivity index (χ0) is 17.4. The standard InChI is InChI=1S/C22H25BN2/c1-15(2)20-5-3-4-18-11-22-23(13-21(18)20)12-19(25-22)10-16-6-8-17(14-24)9-7-16/h3-9,12,22,25H,1,10-11,13-14,24H2,2H3. The van der Waals surface area contributed by atoms with Crippen molar-refractivity contribution in [3.63, 3.8) is 0 Å². The van der Waals surface area contributed by atoms with Crippen molar-refractivity contribution < 1.29 is 0 Å². The van der Waals surface area contributed by atoms with Gasteiger partial charge in [0, 0.05) is 24.6 Å². The highest BCUT2D eigenvalue weighted by atomic mass is 14.9. The van der Waals surface area contributed by atoms with Crippen molar-refractivity contribution >= 4 is 12.3 Å². The number of nitrogens with two attached hydrogens (primary N) is 1. The molecule has 0 spiro atoms. The first-order valence-corrected chi connectivity index (χ1v) is 9.16. The van der Waals surface area contributed by atoms with E-state index in [1.165, 1.54) is 39.1 Å². The summed E-state index contributed by atoms with van der Waals surface area (Å²) in [5.74, 6) is 2.99. The summed E-state index contributed by atoms with van der Waals surface area (Å²) in [6, 6.07) is 15.3. The van der Waals surface area contributed by atoms with E-state index in [1.807, 2.05) is 0 Å². The monoisotopic (exact) mass is 328 g/mol. The Hall–Kier alpha value is -2.26. The summed E-state index contributed by atoms with van der Waals surface area (Å²) < 4.78 is 0. The molecule has 4 rings (SSSR count). The molecule has 3 heteroatoms. The molecule has 0 radical (unpaired) electrons. The van der Waals surface area contributed by atoms with Gasteiger partial charge in [0.05, 0.1) is 0 Å². The van der Waals surface area contributed by atoms with Crippen molar-refractivity contribution in [1.29, 1.82) is 0 Å². The zero-order valence-corrected chi connectivity index (χ0v) is 14.9. The third-order valence-electron chi connectivity index (χ3n) is 5.57. The van der Waals surface area contributed by atoms with Gasteiger partial charge in [-0.2, -0.15) is 0 Å². The van der Waals surface area contributed by atoms with E-state index < -0.39 is 0 Å². The average Bonchev–Trinajstić information content (AvgIpc) is 3.00. The molecule has 3 N–H and O–H groups in total. The fourth-order valence-electron chi connectivity index (χ4n) is 4.23. The first-order chi connectivity index (χ1) is 12.1. The van der Waals surface area contributed by atoms with Crippen LogP contribution in [0.15, 0.2) is 60.7 Å². The van der Waals surface area contributed by atoms with E-state index in [9.17, 15) is 0 Å². The van der Waals surface area contributed by atoms with Crippen molar-refractivity contribution in [3.8, 4) is 0 Å². The number of rotatable bonds is 4. The number of benzene rings is 2.